The summed E-state index contributed by atoms with van der Waals surface area (Å²) in [6.45, 7) is 1.91. The minimum Gasteiger partial charge on any atom is -0.488 e. The van der Waals surface area contributed by atoms with Gasteiger partial charge in [0.05, 0.1) is 18.4 Å². The quantitative estimate of drug-likeness (QED) is 0.845. The van der Waals surface area contributed by atoms with Crippen molar-refractivity contribution >= 4 is 11.9 Å². The molecule has 2 rings (SSSR count). The van der Waals surface area contributed by atoms with Gasteiger partial charge in [-0.15, -0.1) is 0 Å². The molecule has 3 N–H and O–H groups in total. The zero-order valence-electron chi connectivity index (χ0n) is 11.4. The molecule has 0 bridgehead atoms. The summed E-state index contributed by atoms with van der Waals surface area (Å²) in [5, 5.41) is 2.90. The molecule has 0 radical (unpaired) electrons. The number of nitrogen functional groups attached to an aromatic ring is 1. The van der Waals surface area contributed by atoms with E-state index in [-0.39, 0.29) is 30.3 Å². The molecule has 118 valence electrons. The van der Waals surface area contributed by atoms with Crippen LogP contribution in [0.15, 0.2) is 18.7 Å². The number of nitrogens with zero attached hydrogens (tertiary/aromatic N) is 5. The predicted molar refractivity (Wildman–Crippen MR) is 69.9 cm³/mol. The summed E-state index contributed by atoms with van der Waals surface area (Å²) in [6.07, 6.45) is -1.40. The number of ether oxygens (including phenoxy) is 1. The van der Waals surface area contributed by atoms with Crippen LogP contribution >= 0.6 is 0 Å². The molecule has 0 aliphatic heterocycles. The molecule has 2 aromatic rings. The van der Waals surface area contributed by atoms with Crippen LogP contribution in [0.25, 0.3) is 0 Å². The van der Waals surface area contributed by atoms with E-state index in [1.54, 1.807) is 6.92 Å². The lowest BCUT2D eigenvalue weighted by molar-refractivity contribution is -0.145. The minimum absolute atomic E-state index is 0.0711. The van der Waals surface area contributed by atoms with Gasteiger partial charge in [0.1, 0.15) is 12.9 Å². The van der Waals surface area contributed by atoms with Crippen molar-refractivity contribution in [2.24, 2.45) is 0 Å². The summed E-state index contributed by atoms with van der Waals surface area (Å²) >= 11 is 0. The van der Waals surface area contributed by atoms with Gasteiger partial charge in [-0.3, -0.25) is 0 Å². The fraction of sp³-hybridized carbons (Fsp3) is 0.364. The van der Waals surface area contributed by atoms with Crippen LogP contribution in [0.3, 0.4) is 0 Å². The van der Waals surface area contributed by atoms with Gasteiger partial charge in [0.15, 0.2) is 5.75 Å². The molecule has 0 fully saturated rings. The Morgan fingerprint density at radius 2 is 1.91 bits per heavy atom. The van der Waals surface area contributed by atoms with Gasteiger partial charge in [-0.05, 0) is 6.92 Å². The summed E-state index contributed by atoms with van der Waals surface area (Å²) in [4.78, 5) is 17.7. The topological polar surface area (TPSA) is 112 Å². The van der Waals surface area contributed by atoms with E-state index in [1.807, 2.05) is 0 Å². The van der Waals surface area contributed by atoms with Crippen molar-refractivity contribution in [2.45, 2.75) is 19.1 Å². The number of rotatable bonds is 5. The van der Waals surface area contributed by atoms with Crippen molar-refractivity contribution in [2.75, 3.05) is 17.7 Å². The molecule has 1 atom stereocenters. The number of halogens is 3. The van der Waals surface area contributed by atoms with Crippen molar-refractivity contribution in [3.05, 3.63) is 24.5 Å². The van der Waals surface area contributed by atoms with Crippen LogP contribution in [-0.4, -0.2) is 37.6 Å². The van der Waals surface area contributed by atoms with E-state index in [1.165, 1.54) is 6.33 Å². The maximum atomic E-state index is 12.3. The van der Waals surface area contributed by atoms with Crippen molar-refractivity contribution in [1.29, 1.82) is 0 Å². The summed E-state index contributed by atoms with van der Waals surface area (Å²) in [5.41, 5.74) is 5.41. The van der Waals surface area contributed by atoms with E-state index >= 15 is 0 Å². The fourth-order valence-electron chi connectivity index (χ4n) is 1.40. The van der Waals surface area contributed by atoms with Crippen LogP contribution in [-0.2, 0) is 6.18 Å². The minimum atomic E-state index is -4.58. The highest BCUT2D eigenvalue weighted by Gasteiger charge is 2.34. The first-order chi connectivity index (χ1) is 10.3. The third-order valence-corrected chi connectivity index (χ3v) is 2.35. The molecule has 0 spiro atoms. The van der Waals surface area contributed by atoms with Gasteiger partial charge < -0.3 is 15.8 Å². The number of nitrogens with one attached hydrogen (secondary N) is 1. The first kappa shape index (κ1) is 15.7. The Hall–Kier alpha value is -2.72. The number of hydrogen-bond acceptors (Lipinski definition) is 8. The molecule has 2 heterocycles. The first-order valence-corrected chi connectivity index (χ1v) is 6.07. The Labute approximate surface area is 123 Å². The molecule has 0 amide bonds. The van der Waals surface area contributed by atoms with Crippen LogP contribution in [0.5, 0.6) is 5.75 Å². The van der Waals surface area contributed by atoms with Gasteiger partial charge in [0, 0.05) is 0 Å². The monoisotopic (exact) mass is 315 g/mol. The van der Waals surface area contributed by atoms with E-state index in [0.717, 1.165) is 12.4 Å². The summed E-state index contributed by atoms with van der Waals surface area (Å²) in [6, 6.07) is -0.232. The van der Waals surface area contributed by atoms with Crippen LogP contribution in [0, 0.1) is 0 Å². The van der Waals surface area contributed by atoms with Crippen LogP contribution in [0.2, 0.25) is 0 Å². The second-order valence-electron chi connectivity index (χ2n) is 4.26. The smallest absolute Gasteiger partial charge is 0.451 e. The molecule has 2 aromatic heterocycles. The molecule has 0 saturated carbocycles. The molecule has 8 nitrogen and oxygen atoms in total. The Bertz CT molecular complexity index is 620. The molecule has 0 saturated heterocycles. The van der Waals surface area contributed by atoms with Crippen molar-refractivity contribution in [3.8, 4) is 5.75 Å². The average molecular weight is 315 g/mol. The fourth-order valence-corrected chi connectivity index (χ4v) is 1.40. The van der Waals surface area contributed by atoms with Gasteiger partial charge >= 0.3 is 6.18 Å². The van der Waals surface area contributed by atoms with E-state index in [4.69, 9.17) is 10.5 Å². The molecule has 1 unspecified atom stereocenters. The zero-order valence-corrected chi connectivity index (χ0v) is 11.4. The Kier molecular flexibility index (Phi) is 4.53. The lowest BCUT2D eigenvalue weighted by Gasteiger charge is -2.14. The number of hydrogen-bond donors (Lipinski definition) is 2. The van der Waals surface area contributed by atoms with Gasteiger partial charge in [-0.25, -0.2) is 19.9 Å². The Morgan fingerprint density at radius 1 is 1.23 bits per heavy atom. The highest BCUT2D eigenvalue weighted by molar-refractivity contribution is 5.29. The number of anilines is 2. The summed E-state index contributed by atoms with van der Waals surface area (Å²) in [5.74, 6) is -0.752. The number of nitrogens with two attached hydrogens (primary N) is 1. The van der Waals surface area contributed by atoms with E-state index < -0.39 is 12.0 Å². The molecule has 0 aromatic carbocycles. The van der Waals surface area contributed by atoms with Gasteiger partial charge in [0.2, 0.25) is 17.7 Å². The predicted octanol–water partition coefficient (Wildman–Crippen LogP) is 1.14. The van der Waals surface area contributed by atoms with Crippen molar-refractivity contribution in [1.82, 2.24) is 24.9 Å². The normalized spacial score (nSPS) is 12.7. The average Bonchev–Trinajstić information content (AvgIpc) is 2.45. The maximum Gasteiger partial charge on any atom is 0.451 e. The number of alkyl halides is 3. The van der Waals surface area contributed by atoms with Crippen molar-refractivity contribution < 1.29 is 17.9 Å². The highest BCUT2D eigenvalue weighted by atomic mass is 19.4. The van der Waals surface area contributed by atoms with Crippen molar-refractivity contribution in [3.63, 3.8) is 0 Å². The standard InChI is InChI=1S/C11H12F3N7O/c1-6(20-10-19-5-18-9(15)21-10)4-22-7-2-16-8(17-3-7)11(12,13)14/h2-3,5-6H,4H2,1H3,(H3,15,18,19,20,21). The first-order valence-electron chi connectivity index (χ1n) is 6.07. The Morgan fingerprint density at radius 3 is 2.50 bits per heavy atom. The third kappa shape index (κ3) is 4.40. The molecular formula is C11H12F3N7O. The number of aromatic nitrogens is 5. The molecule has 0 aliphatic rings. The van der Waals surface area contributed by atoms with Crippen LogP contribution in [0.4, 0.5) is 25.1 Å². The van der Waals surface area contributed by atoms with Gasteiger partial charge in [-0.1, -0.05) is 0 Å². The highest BCUT2D eigenvalue weighted by Crippen LogP contribution is 2.26. The summed E-state index contributed by atoms with van der Waals surface area (Å²) in [7, 11) is 0. The second-order valence-corrected chi connectivity index (χ2v) is 4.26. The zero-order chi connectivity index (χ0) is 16.2. The van der Waals surface area contributed by atoms with Crippen LogP contribution in [0.1, 0.15) is 12.7 Å². The molecular weight excluding hydrogens is 303 g/mol. The lowest BCUT2D eigenvalue weighted by Crippen LogP contribution is -2.25. The molecule has 22 heavy (non-hydrogen) atoms. The summed E-state index contributed by atoms with van der Waals surface area (Å²) < 4.78 is 42.2. The third-order valence-electron chi connectivity index (χ3n) is 2.35. The Balaban J connectivity index is 1.87. The van der Waals surface area contributed by atoms with E-state index in [9.17, 15) is 13.2 Å². The van der Waals surface area contributed by atoms with E-state index in [0.29, 0.717) is 0 Å². The molecule has 0 aliphatic carbocycles. The van der Waals surface area contributed by atoms with Gasteiger partial charge in [-0.2, -0.15) is 18.2 Å². The largest absolute Gasteiger partial charge is 0.488 e. The van der Waals surface area contributed by atoms with E-state index in [2.05, 4.69) is 30.2 Å². The van der Waals surface area contributed by atoms with Gasteiger partial charge in [0.25, 0.3) is 0 Å². The molecule has 11 heteroatoms. The lowest BCUT2D eigenvalue weighted by atomic mass is 10.4. The second kappa shape index (κ2) is 6.37. The maximum absolute atomic E-state index is 12.3. The SMILES string of the molecule is CC(COc1cnc(C(F)(F)F)nc1)Nc1ncnc(N)n1. The van der Waals surface area contributed by atoms with Crippen LogP contribution < -0.4 is 15.8 Å².